The van der Waals surface area contributed by atoms with Crippen molar-refractivity contribution >= 4 is 32.4 Å². The van der Waals surface area contributed by atoms with Crippen molar-refractivity contribution < 1.29 is 9.90 Å². The van der Waals surface area contributed by atoms with Gasteiger partial charge in [-0.3, -0.25) is 4.79 Å². The van der Waals surface area contributed by atoms with Gasteiger partial charge in [-0.1, -0.05) is 85.4 Å². The number of hydrogen-bond acceptors (Lipinski definition) is 2. The average Bonchev–Trinajstić information content (AvgIpc) is 2.56. The van der Waals surface area contributed by atoms with E-state index in [1.54, 1.807) is 12.1 Å². The summed E-state index contributed by atoms with van der Waals surface area (Å²) in [6, 6.07) is 3.59. The molecule has 27 heavy (non-hydrogen) atoms. The minimum Gasteiger partial charge on any atom is -0.509 e. The van der Waals surface area contributed by atoms with Gasteiger partial charge in [0.25, 0.3) is 0 Å². The zero-order valence-electron chi connectivity index (χ0n) is 18.8. The van der Waals surface area contributed by atoms with E-state index in [9.17, 15) is 9.90 Å². The number of phenols is 1. The van der Waals surface area contributed by atoms with Gasteiger partial charge in [0.15, 0.2) is 0 Å². The first-order chi connectivity index (χ1) is 12.1. The summed E-state index contributed by atoms with van der Waals surface area (Å²) in [6.07, 6.45) is 2.41. The lowest BCUT2D eigenvalue weighted by molar-refractivity contribution is -0.145. The number of rotatable bonds is 8. The van der Waals surface area contributed by atoms with Crippen molar-refractivity contribution in [1.82, 2.24) is 0 Å². The fourth-order valence-electron chi connectivity index (χ4n) is 4.33. The van der Waals surface area contributed by atoms with Crippen LogP contribution in [0.15, 0.2) is 12.1 Å². The first kappa shape index (κ1) is 23.9. The molecule has 0 heterocycles. The van der Waals surface area contributed by atoms with Gasteiger partial charge in [0.1, 0.15) is 27.2 Å². The smallest absolute Gasteiger partial charge is 0.144 e. The van der Waals surface area contributed by atoms with E-state index in [1.807, 2.05) is 13.8 Å². The average molecular weight is 366 g/mol. The van der Waals surface area contributed by atoms with Gasteiger partial charge in [-0.25, -0.2) is 0 Å². The molecule has 1 unspecified atom stereocenters. The van der Waals surface area contributed by atoms with Crippen molar-refractivity contribution in [3.63, 3.8) is 0 Å². The van der Waals surface area contributed by atoms with Crippen LogP contribution in [0.3, 0.4) is 0 Å². The van der Waals surface area contributed by atoms with Crippen LogP contribution >= 0.6 is 0 Å². The molecule has 4 radical (unpaired) electrons. The standard InChI is InChI=1S/C23H36B2O2/c1-10-20(3,4)19(27)23(9,11-2)22(7,8)14-21(5,6)15-12-16(24)18(26)17(25)13-15/h12-13,26H,10-11,14H2,1-9H3. The maximum Gasteiger partial charge on any atom is 0.144 e. The Labute approximate surface area is 169 Å². The first-order valence-electron chi connectivity index (χ1n) is 9.99. The molecule has 0 saturated heterocycles. The third-order valence-electron chi connectivity index (χ3n) is 7.03. The van der Waals surface area contributed by atoms with Crippen LogP contribution in [0.5, 0.6) is 5.75 Å². The van der Waals surface area contributed by atoms with Crippen molar-refractivity contribution in [3.8, 4) is 5.75 Å². The summed E-state index contributed by atoms with van der Waals surface area (Å²) < 4.78 is 0. The van der Waals surface area contributed by atoms with Crippen molar-refractivity contribution in [2.75, 3.05) is 0 Å². The molecule has 0 bridgehead atoms. The van der Waals surface area contributed by atoms with Crippen LogP contribution in [0.1, 0.15) is 87.1 Å². The van der Waals surface area contributed by atoms with Crippen molar-refractivity contribution in [3.05, 3.63) is 17.7 Å². The van der Waals surface area contributed by atoms with E-state index in [4.69, 9.17) is 15.7 Å². The Kier molecular flexibility index (Phi) is 6.79. The monoisotopic (exact) mass is 366 g/mol. The lowest BCUT2D eigenvalue weighted by atomic mass is 9.53. The van der Waals surface area contributed by atoms with E-state index in [-0.39, 0.29) is 32.9 Å². The number of aromatic hydroxyl groups is 1. The number of benzene rings is 1. The third-order valence-corrected chi connectivity index (χ3v) is 7.03. The lowest BCUT2D eigenvalue weighted by Gasteiger charge is -2.49. The molecule has 1 N–H and O–H groups in total. The van der Waals surface area contributed by atoms with Crippen molar-refractivity contribution in [2.24, 2.45) is 16.2 Å². The van der Waals surface area contributed by atoms with E-state index >= 15 is 0 Å². The highest BCUT2D eigenvalue weighted by Crippen LogP contribution is 2.52. The van der Waals surface area contributed by atoms with Crippen LogP contribution in [-0.2, 0) is 10.2 Å². The summed E-state index contributed by atoms with van der Waals surface area (Å²) in [5.41, 5.74) is 0.263. The van der Waals surface area contributed by atoms with Crippen LogP contribution in [-0.4, -0.2) is 26.6 Å². The number of Topliss-reactive ketones (excluding diaryl/α,β-unsaturated/α-hetero) is 1. The Hall–Kier alpha value is -1.18. The first-order valence-corrected chi connectivity index (χ1v) is 9.99. The zero-order valence-corrected chi connectivity index (χ0v) is 18.8. The normalized spacial score (nSPS) is 15.4. The Morgan fingerprint density at radius 2 is 1.37 bits per heavy atom. The van der Waals surface area contributed by atoms with Crippen LogP contribution in [0, 0.1) is 16.2 Å². The molecule has 146 valence electrons. The highest BCUT2D eigenvalue weighted by Gasteiger charge is 2.51. The molecule has 0 aromatic heterocycles. The predicted molar refractivity (Wildman–Crippen MR) is 118 cm³/mol. The van der Waals surface area contributed by atoms with E-state index in [2.05, 4.69) is 48.5 Å². The van der Waals surface area contributed by atoms with Gasteiger partial charge in [-0.05, 0) is 35.7 Å². The number of hydrogen-bond donors (Lipinski definition) is 1. The highest BCUT2D eigenvalue weighted by molar-refractivity contribution is 6.41. The van der Waals surface area contributed by atoms with Gasteiger partial charge in [0.05, 0.1) is 0 Å². The van der Waals surface area contributed by atoms with Crippen LogP contribution in [0.2, 0.25) is 0 Å². The van der Waals surface area contributed by atoms with Gasteiger partial charge in [-0.2, -0.15) is 0 Å². The summed E-state index contributed by atoms with van der Waals surface area (Å²) in [5.74, 6) is 0.262. The van der Waals surface area contributed by atoms with Crippen molar-refractivity contribution in [2.45, 2.75) is 87.0 Å². The van der Waals surface area contributed by atoms with Gasteiger partial charge in [0.2, 0.25) is 0 Å². The lowest BCUT2D eigenvalue weighted by Crippen LogP contribution is -2.49. The third kappa shape index (κ3) is 4.46. The minimum absolute atomic E-state index is 0.0629. The van der Waals surface area contributed by atoms with Crippen LogP contribution in [0.25, 0.3) is 0 Å². The summed E-state index contributed by atoms with van der Waals surface area (Å²) in [7, 11) is 11.9. The molecule has 0 aliphatic carbocycles. The molecule has 0 spiro atoms. The molecule has 1 atom stereocenters. The Balaban J connectivity index is 3.35. The number of phenolic OH excluding ortho intramolecular Hbond substituents is 1. The van der Waals surface area contributed by atoms with Gasteiger partial charge in [-0.15, -0.1) is 0 Å². The Morgan fingerprint density at radius 1 is 0.926 bits per heavy atom. The van der Waals surface area contributed by atoms with Crippen LogP contribution < -0.4 is 10.9 Å². The second kappa shape index (κ2) is 7.68. The largest absolute Gasteiger partial charge is 0.509 e. The summed E-state index contributed by atoms with van der Waals surface area (Å²) in [6.45, 7) is 19.1. The fraction of sp³-hybridized carbons (Fsp3) is 0.696. The summed E-state index contributed by atoms with van der Waals surface area (Å²) >= 11 is 0. The van der Waals surface area contributed by atoms with Gasteiger partial charge < -0.3 is 5.11 Å². The number of carbonyl (C=O) groups is 1. The fourth-order valence-corrected chi connectivity index (χ4v) is 4.33. The van der Waals surface area contributed by atoms with E-state index in [0.717, 1.165) is 24.8 Å². The highest BCUT2D eigenvalue weighted by atomic mass is 16.3. The van der Waals surface area contributed by atoms with Gasteiger partial charge >= 0.3 is 0 Å². The zero-order chi connectivity index (χ0) is 21.4. The molecule has 1 aromatic rings. The molecular weight excluding hydrogens is 330 g/mol. The Bertz CT molecular complexity index is 681. The molecule has 0 saturated carbocycles. The molecule has 4 heteroatoms. The Morgan fingerprint density at radius 3 is 1.74 bits per heavy atom. The second-order valence-electron chi connectivity index (χ2n) is 10.2. The molecule has 0 fully saturated rings. The van der Waals surface area contributed by atoms with E-state index in [1.165, 1.54) is 0 Å². The summed E-state index contributed by atoms with van der Waals surface area (Å²) in [5, 5.41) is 9.89. The number of ketones is 1. The van der Waals surface area contributed by atoms with E-state index in [0.29, 0.717) is 5.78 Å². The molecule has 1 aromatic carbocycles. The number of carbonyl (C=O) groups excluding carboxylic acids is 1. The van der Waals surface area contributed by atoms with E-state index < -0.39 is 5.41 Å². The topological polar surface area (TPSA) is 37.3 Å². The van der Waals surface area contributed by atoms with Crippen molar-refractivity contribution in [1.29, 1.82) is 0 Å². The predicted octanol–water partition coefficient (Wildman–Crippen LogP) is 4.10. The molecule has 0 amide bonds. The molecule has 0 aliphatic rings. The minimum atomic E-state index is -0.447. The second-order valence-corrected chi connectivity index (χ2v) is 10.2. The maximum atomic E-state index is 13.5. The SMILES string of the molecule is [B]c1cc(C(C)(C)CC(C)(C)C(C)(CC)C(=O)C(C)(C)CC)cc([B])c1O. The quantitative estimate of drug-likeness (QED) is 0.704. The molecular formula is C23H36B2O2. The molecule has 1 rings (SSSR count). The summed E-state index contributed by atoms with van der Waals surface area (Å²) in [4.78, 5) is 13.5. The maximum absolute atomic E-state index is 13.5. The molecule has 2 nitrogen and oxygen atoms in total. The van der Waals surface area contributed by atoms with Gasteiger partial charge in [0, 0.05) is 10.8 Å². The van der Waals surface area contributed by atoms with Crippen LogP contribution in [0.4, 0.5) is 0 Å². The molecule has 0 aliphatic heterocycles.